The molecule has 0 heterocycles. The van der Waals surface area contributed by atoms with Crippen LogP contribution in [0, 0.1) is 27.3 Å². The van der Waals surface area contributed by atoms with Crippen molar-refractivity contribution >= 4 is 28.4 Å². The highest BCUT2D eigenvalue weighted by atomic mass is 32.2. The van der Waals surface area contributed by atoms with Crippen LogP contribution in [0.25, 0.3) is 0 Å². The Balaban J connectivity index is 3.04. The van der Waals surface area contributed by atoms with E-state index in [1.54, 1.807) is 0 Å². The quantitative estimate of drug-likeness (QED) is 0.230. The van der Waals surface area contributed by atoms with Gasteiger partial charge in [-0.25, -0.2) is 4.39 Å². The predicted molar refractivity (Wildman–Crippen MR) is 76.9 cm³/mol. The van der Waals surface area contributed by atoms with Gasteiger partial charge in [-0.15, -0.1) is 0 Å². The third kappa shape index (κ3) is 4.80. The number of carbonyl (C=O) groups excluding carboxylic acids is 1. The van der Waals surface area contributed by atoms with E-state index in [1.165, 1.54) is 0 Å². The molecule has 0 saturated carbocycles. The first-order valence-electron chi connectivity index (χ1n) is 5.92. The number of amidine groups is 1. The molecule has 0 saturated heterocycles. The topological polar surface area (TPSA) is 130 Å². The van der Waals surface area contributed by atoms with E-state index in [0.29, 0.717) is 0 Å². The van der Waals surface area contributed by atoms with E-state index in [0.717, 1.165) is 30.0 Å². The molecule has 0 amide bonds. The van der Waals surface area contributed by atoms with Crippen molar-refractivity contribution in [2.75, 3.05) is 12.4 Å². The van der Waals surface area contributed by atoms with Crippen LogP contribution < -0.4 is 5.73 Å². The second-order valence-corrected chi connectivity index (χ2v) is 5.23. The maximum absolute atomic E-state index is 13.7. The fourth-order valence-electron chi connectivity index (χ4n) is 1.67. The largest absolute Gasteiger partial charge is 0.396 e. The van der Waals surface area contributed by atoms with Crippen molar-refractivity contribution in [3.8, 4) is 0 Å². The van der Waals surface area contributed by atoms with Gasteiger partial charge in [-0.3, -0.25) is 20.3 Å². The number of nitrogens with one attached hydrogen (secondary N) is 1. The summed E-state index contributed by atoms with van der Waals surface area (Å²) in [5.41, 5.74) is 4.39. The van der Waals surface area contributed by atoms with Crippen LogP contribution in [0.15, 0.2) is 18.2 Å². The summed E-state index contributed by atoms with van der Waals surface area (Å²) in [6.07, 6.45) is 0.0568. The highest BCUT2D eigenvalue weighted by molar-refractivity contribution is 8.13. The van der Waals surface area contributed by atoms with Gasteiger partial charge < -0.3 is 10.8 Å². The Hall–Kier alpha value is -2.00. The molecule has 0 fully saturated rings. The predicted octanol–water partition coefficient (Wildman–Crippen LogP) is 1.54. The average molecular weight is 315 g/mol. The smallest absolute Gasteiger partial charge is 0.270 e. The summed E-state index contributed by atoms with van der Waals surface area (Å²) in [7, 11) is 0. The highest BCUT2D eigenvalue weighted by Crippen LogP contribution is 2.23. The van der Waals surface area contributed by atoms with E-state index in [9.17, 15) is 19.3 Å². The van der Waals surface area contributed by atoms with Gasteiger partial charge in [-0.05, 0) is 12.5 Å². The van der Waals surface area contributed by atoms with E-state index in [-0.39, 0.29) is 29.6 Å². The molecule has 7 nitrogen and oxygen atoms in total. The summed E-state index contributed by atoms with van der Waals surface area (Å²) in [6.45, 7) is -0.300. The average Bonchev–Trinajstić information content (AvgIpc) is 2.42. The number of aliphatic hydroxyl groups excluding tert-OH is 1. The van der Waals surface area contributed by atoms with E-state index < -0.39 is 28.0 Å². The summed E-state index contributed by atoms with van der Waals surface area (Å²) in [5.74, 6) is -2.20. The number of nitrogens with two attached hydrogens (primary N) is 1. The molecule has 1 unspecified atom stereocenters. The molecule has 4 N–H and O–H groups in total. The summed E-state index contributed by atoms with van der Waals surface area (Å²) < 4.78 is 13.7. The Kier molecular flexibility index (Phi) is 6.25. The maximum Gasteiger partial charge on any atom is 0.270 e. The minimum Gasteiger partial charge on any atom is -0.396 e. The van der Waals surface area contributed by atoms with Crippen LogP contribution in [0.2, 0.25) is 0 Å². The number of halogens is 1. The zero-order valence-electron chi connectivity index (χ0n) is 10.9. The van der Waals surface area contributed by atoms with Crippen molar-refractivity contribution in [1.29, 1.82) is 5.41 Å². The van der Waals surface area contributed by atoms with Crippen molar-refractivity contribution in [2.45, 2.75) is 6.42 Å². The first-order valence-corrected chi connectivity index (χ1v) is 6.91. The number of nitro benzene ring substituents is 1. The lowest BCUT2D eigenvalue weighted by Crippen LogP contribution is -2.22. The molecule has 0 bridgehead atoms. The summed E-state index contributed by atoms with van der Waals surface area (Å²) >= 11 is 0.892. The lowest BCUT2D eigenvalue weighted by molar-refractivity contribution is -0.384. The van der Waals surface area contributed by atoms with Gasteiger partial charge in [-0.1, -0.05) is 11.8 Å². The third-order valence-electron chi connectivity index (χ3n) is 2.71. The molecule has 1 aromatic carbocycles. The molecular formula is C12H14FN3O4S. The molecule has 1 atom stereocenters. The fraction of sp³-hybridized carbons (Fsp3) is 0.333. The fourth-order valence-corrected chi connectivity index (χ4v) is 2.37. The second-order valence-electron chi connectivity index (χ2n) is 4.17. The molecule has 0 radical (unpaired) electrons. The Labute approximate surface area is 124 Å². The van der Waals surface area contributed by atoms with E-state index in [4.69, 9.17) is 16.2 Å². The number of benzene rings is 1. The van der Waals surface area contributed by atoms with Gasteiger partial charge in [0, 0.05) is 30.4 Å². The van der Waals surface area contributed by atoms with Crippen LogP contribution in [-0.2, 0) is 0 Å². The molecular weight excluding hydrogens is 301 g/mol. The number of hydrogen-bond donors (Lipinski definition) is 3. The molecule has 0 aliphatic heterocycles. The second kappa shape index (κ2) is 7.70. The van der Waals surface area contributed by atoms with Crippen LogP contribution >= 0.6 is 11.8 Å². The van der Waals surface area contributed by atoms with Crippen LogP contribution in [-0.4, -0.2) is 33.3 Å². The van der Waals surface area contributed by atoms with Crippen LogP contribution in [0.4, 0.5) is 10.1 Å². The number of nitrogens with zero attached hydrogens (tertiary/aromatic N) is 1. The van der Waals surface area contributed by atoms with Crippen LogP contribution in [0.3, 0.4) is 0 Å². The van der Waals surface area contributed by atoms with E-state index in [1.807, 2.05) is 0 Å². The SMILES string of the molecule is N=C(N)SCC(CCO)C(=O)c1cc([N+](=O)[O-])ccc1F. The summed E-state index contributed by atoms with van der Waals surface area (Å²) in [5, 5.41) is 26.5. The molecule has 114 valence electrons. The zero-order valence-corrected chi connectivity index (χ0v) is 11.7. The van der Waals surface area contributed by atoms with Crippen molar-refractivity contribution in [1.82, 2.24) is 0 Å². The number of ketones is 1. The maximum atomic E-state index is 13.7. The lowest BCUT2D eigenvalue weighted by atomic mass is 9.96. The van der Waals surface area contributed by atoms with Crippen LogP contribution in [0.5, 0.6) is 0 Å². The molecule has 1 aromatic rings. The molecule has 0 aromatic heterocycles. The number of nitro groups is 1. The minimum absolute atomic E-state index is 0.0568. The first-order chi connectivity index (χ1) is 9.86. The van der Waals surface area contributed by atoms with Gasteiger partial charge in [0.2, 0.25) is 0 Å². The van der Waals surface area contributed by atoms with E-state index in [2.05, 4.69) is 0 Å². The number of hydrogen-bond acceptors (Lipinski definition) is 6. The van der Waals surface area contributed by atoms with Crippen molar-refractivity contribution in [2.24, 2.45) is 11.7 Å². The highest BCUT2D eigenvalue weighted by Gasteiger charge is 2.25. The Morgan fingerprint density at radius 3 is 2.76 bits per heavy atom. The van der Waals surface area contributed by atoms with Gasteiger partial charge in [0.1, 0.15) is 5.82 Å². The normalized spacial score (nSPS) is 11.9. The molecule has 9 heteroatoms. The van der Waals surface area contributed by atoms with Gasteiger partial charge in [0.25, 0.3) is 5.69 Å². The number of non-ortho nitro benzene ring substituents is 1. The Morgan fingerprint density at radius 2 is 2.24 bits per heavy atom. The first kappa shape index (κ1) is 17.1. The van der Waals surface area contributed by atoms with Gasteiger partial charge in [0.05, 0.1) is 10.5 Å². The van der Waals surface area contributed by atoms with Gasteiger partial charge in [0.15, 0.2) is 11.0 Å². The molecule has 0 aliphatic carbocycles. The Morgan fingerprint density at radius 1 is 1.57 bits per heavy atom. The third-order valence-corrected chi connectivity index (χ3v) is 3.59. The lowest BCUT2D eigenvalue weighted by Gasteiger charge is -2.14. The van der Waals surface area contributed by atoms with Crippen LogP contribution in [0.1, 0.15) is 16.8 Å². The monoisotopic (exact) mass is 315 g/mol. The molecule has 21 heavy (non-hydrogen) atoms. The zero-order chi connectivity index (χ0) is 16.0. The molecule has 1 rings (SSSR count). The van der Waals surface area contributed by atoms with Gasteiger partial charge >= 0.3 is 0 Å². The number of thioether (sulfide) groups is 1. The number of Topliss-reactive ketones (excluding diaryl/α,β-unsaturated/α-hetero) is 1. The minimum atomic E-state index is -0.860. The summed E-state index contributed by atoms with van der Waals surface area (Å²) in [4.78, 5) is 22.2. The molecule has 0 aliphatic rings. The van der Waals surface area contributed by atoms with Crippen molar-refractivity contribution in [3.05, 3.63) is 39.7 Å². The number of carbonyl (C=O) groups is 1. The van der Waals surface area contributed by atoms with Gasteiger partial charge in [-0.2, -0.15) is 0 Å². The number of rotatable bonds is 7. The van der Waals surface area contributed by atoms with Crippen molar-refractivity contribution in [3.63, 3.8) is 0 Å². The Bertz CT molecular complexity index is 567. The molecule has 0 spiro atoms. The standard InChI is InChI=1S/C12H14FN3O4S/c13-10-2-1-8(16(19)20)5-9(10)11(18)7(3-4-17)6-21-12(14)15/h1-2,5,7,17H,3-4,6H2,(H3,14,15). The van der Waals surface area contributed by atoms with E-state index >= 15 is 0 Å². The summed E-state index contributed by atoms with van der Waals surface area (Å²) in [6, 6.07) is 2.71. The van der Waals surface area contributed by atoms with Crippen molar-refractivity contribution < 1.29 is 19.2 Å². The number of aliphatic hydroxyl groups is 1.